The maximum Gasteiger partial charge on any atom is 0.115 e. The van der Waals surface area contributed by atoms with Crippen LogP contribution in [0.15, 0.2) is 36.7 Å². The Morgan fingerprint density at radius 3 is 2.95 bits per heavy atom. The van der Waals surface area contributed by atoms with Gasteiger partial charge in [-0.3, -0.25) is 4.68 Å². The van der Waals surface area contributed by atoms with Crippen molar-refractivity contribution in [3.8, 4) is 0 Å². The van der Waals surface area contributed by atoms with E-state index in [1.807, 2.05) is 16.9 Å². The van der Waals surface area contributed by atoms with Crippen molar-refractivity contribution in [3.05, 3.63) is 47.2 Å². The summed E-state index contributed by atoms with van der Waals surface area (Å²) in [5.74, 6) is 0.669. The van der Waals surface area contributed by atoms with Crippen LogP contribution in [0.2, 0.25) is 0 Å². The maximum absolute atomic E-state index is 4.64. The third-order valence-electron chi connectivity index (χ3n) is 3.20. The minimum absolute atomic E-state index is 0.669. The van der Waals surface area contributed by atoms with Gasteiger partial charge >= 0.3 is 0 Å². The summed E-state index contributed by atoms with van der Waals surface area (Å²) in [6.07, 6.45) is 4.03. The number of nitrogens with one attached hydrogen (secondary N) is 1. The first kappa shape index (κ1) is 14.2. The van der Waals surface area contributed by atoms with Crippen LogP contribution in [0.3, 0.4) is 0 Å². The summed E-state index contributed by atoms with van der Waals surface area (Å²) in [5.41, 5.74) is 2.29. The molecule has 0 saturated heterocycles. The molecule has 0 spiro atoms. The van der Waals surface area contributed by atoms with Crippen molar-refractivity contribution in [1.82, 2.24) is 20.1 Å². The number of para-hydroxylation sites is 1. The normalized spacial score (nSPS) is 11.6. The molecule has 0 bridgehead atoms. The van der Waals surface area contributed by atoms with Crippen molar-refractivity contribution in [1.29, 1.82) is 0 Å². The Morgan fingerprint density at radius 1 is 1.29 bits per heavy atom. The molecule has 2 aromatic heterocycles. The Hall–Kier alpha value is -1.72. The van der Waals surface area contributed by atoms with Gasteiger partial charge in [0.05, 0.1) is 23.0 Å². The van der Waals surface area contributed by atoms with Crippen LogP contribution in [0.4, 0.5) is 0 Å². The van der Waals surface area contributed by atoms with E-state index in [2.05, 4.69) is 53.6 Å². The van der Waals surface area contributed by atoms with E-state index >= 15 is 0 Å². The van der Waals surface area contributed by atoms with Crippen molar-refractivity contribution in [2.75, 3.05) is 6.54 Å². The molecule has 0 saturated carbocycles. The maximum atomic E-state index is 4.64. The lowest BCUT2D eigenvalue weighted by Crippen LogP contribution is -2.18. The van der Waals surface area contributed by atoms with E-state index in [4.69, 9.17) is 0 Å². The first-order chi connectivity index (χ1) is 10.2. The summed E-state index contributed by atoms with van der Waals surface area (Å²) < 4.78 is 3.20. The second kappa shape index (κ2) is 6.37. The average Bonchev–Trinajstić information content (AvgIpc) is 3.04. The van der Waals surface area contributed by atoms with Gasteiger partial charge in [-0.05, 0) is 24.6 Å². The number of hydrogen-bond acceptors (Lipinski definition) is 4. The lowest BCUT2D eigenvalue weighted by atomic mass is 10.2. The second-order valence-corrected chi connectivity index (χ2v) is 6.76. The molecule has 1 aromatic carbocycles. The van der Waals surface area contributed by atoms with Crippen LogP contribution in [-0.2, 0) is 13.1 Å². The molecule has 3 aromatic rings. The van der Waals surface area contributed by atoms with E-state index in [1.165, 1.54) is 10.3 Å². The van der Waals surface area contributed by atoms with E-state index in [9.17, 15) is 0 Å². The van der Waals surface area contributed by atoms with Crippen LogP contribution in [-0.4, -0.2) is 21.3 Å². The topological polar surface area (TPSA) is 42.7 Å². The van der Waals surface area contributed by atoms with Gasteiger partial charge < -0.3 is 5.32 Å². The summed E-state index contributed by atoms with van der Waals surface area (Å²) in [7, 11) is 0. The molecular formula is C16H20N4S. The summed E-state index contributed by atoms with van der Waals surface area (Å²) in [5, 5.41) is 8.95. The van der Waals surface area contributed by atoms with E-state index in [1.54, 1.807) is 11.3 Å². The summed E-state index contributed by atoms with van der Waals surface area (Å²) in [6.45, 7) is 7.07. The molecule has 0 aliphatic carbocycles. The average molecular weight is 300 g/mol. The highest BCUT2D eigenvalue weighted by Gasteiger charge is 2.05. The van der Waals surface area contributed by atoms with Gasteiger partial charge in [0.2, 0.25) is 0 Å². The van der Waals surface area contributed by atoms with Gasteiger partial charge in [-0.25, -0.2) is 4.98 Å². The molecular weight excluding hydrogens is 280 g/mol. The summed E-state index contributed by atoms with van der Waals surface area (Å²) in [6, 6.07) is 8.25. The SMILES string of the molecule is CC(C)CNCc1cnn(Cc2nc3ccccc3s2)c1. The predicted octanol–water partition coefficient (Wildman–Crippen LogP) is 3.29. The first-order valence-corrected chi connectivity index (χ1v) is 8.09. The first-order valence-electron chi connectivity index (χ1n) is 7.27. The smallest absolute Gasteiger partial charge is 0.115 e. The Balaban J connectivity index is 1.63. The Bertz CT molecular complexity index is 681. The number of benzene rings is 1. The molecule has 1 N–H and O–H groups in total. The minimum Gasteiger partial charge on any atom is -0.312 e. The fourth-order valence-corrected chi connectivity index (χ4v) is 3.18. The largest absolute Gasteiger partial charge is 0.312 e. The molecule has 0 aliphatic heterocycles. The lowest BCUT2D eigenvalue weighted by molar-refractivity contribution is 0.552. The molecule has 4 nitrogen and oxygen atoms in total. The van der Waals surface area contributed by atoms with E-state index in [-0.39, 0.29) is 0 Å². The Morgan fingerprint density at radius 2 is 2.14 bits per heavy atom. The molecule has 5 heteroatoms. The molecule has 3 rings (SSSR count). The third-order valence-corrected chi connectivity index (χ3v) is 4.23. The van der Waals surface area contributed by atoms with E-state index < -0.39 is 0 Å². The van der Waals surface area contributed by atoms with Gasteiger partial charge in [0.25, 0.3) is 0 Å². The number of hydrogen-bond donors (Lipinski definition) is 1. The highest BCUT2D eigenvalue weighted by molar-refractivity contribution is 7.18. The number of aromatic nitrogens is 3. The number of nitrogens with zero attached hydrogens (tertiary/aromatic N) is 3. The van der Waals surface area contributed by atoms with Crippen molar-refractivity contribution in [2.45, 2.75) is 26.9 Å². The van der Waals surface area contributed by atoms with Crippen molar-refractivity contribution >= 4 is 21.6 Å². The quantitative estimate of drug-likeness (QED) is 0.759. The van der Waals surface area contributed by atoms with Crippen molar-refractivity contribution in [2.24, 2.45) is 5.92 Å². The van der Waals surface area contributed by atoms with Crippen LogP contribution in [0.1, 0.15) is 24.4 Å². The molecule has 0 aliphatic rings. The van der Waals surface area contributed by atoms with Gasteiger partial charge in [-0.2, -0.15) is 5.10 Å². The number of fused-ring (bicyclic) bond motifs is 1. The van der Waals surface area contributed by atoms with Crippen LogP contribution in [0.25, 0.3) is 10.2 Å². The van der Waals surface area contributed by atoms with Gasteiger partial charge in [0, 0.05) is 18.3 Å². The van der Waals surface area contributed by atoms with E-state index in [0.29, 0.717) is 5.92 Å². The second-order valence-electron chi connectivity index (χ2n) is 5.65. The molecule has 2 heterocycles. The van der Waals surface area contributed by atoms with Crippen LogP contribution in [0.5, 0.6) is 0 Å². The molecule has 0 atom stereocenters. The Kier molecular flexibility index (Phi) is 4.31. The third kappa shape index (κ3) is 3.68. The minimum atomic E-state index is 0.669. The molecule has 0 radical (unpaired) electrons. The summed E-state index contributed by atoms with van der Waals surface area (Å²) in [4.78, 5) is 4.64. The zero-order valence-corrected chi connectivity index (χ0v) is 13.2. The zero-order chi connectivity index (χ0) is 14.7. The molecule has 21 heavy (non-hydrogen) atoms. The van der Waals surface area contributed by atoms with Gasteiger partial charge in [-0.15, -0.1) is 11.3 Å². The van der Waals surface area contributed by atoms with Gasteiger partial charge in [-0.1, -0.05) is 26.0 Å². The predicted molar refractivity (Wildman–Crippen MR) is 87.5 cm³/mol. The standard InChI is InChI=1S/C16H20N4S/c1-12(2)7-17-8-13-9-18-20(10-13)11-16-19-14-5-3-4-6-15(14)21-16/h3-6,9-10,12,17H,7-8,11H2,1-2H3. The fourth-order valence-electron chi connectivity index (χ4n) is 2.22. The zero-order valence-electron chi connectivity index (χ0n) is 12.4. The van der Waals surface area contributed by atoms with Crippen molar-refractivity contribution in [3.63, 3.8) is 0 Å². The van der Waals surface area contributed by atoms with E-state index in [0.717, 1.165) is 30.2 Å². The number of rotatable bonds is 6. The van der Waals surface area contributed by atoms with Crippen LogP contribution >= 0.6 is 11.3 Å². The monoisotopic (exact) mass is 300 g/mol. The highest BCUT2D eigenvalue weighted by atomic mass is 32.1. The molecule has 0 amide bonds. The highest BCUT2D eigenvalue weighted by Crippen LogP contribution is 2.22. The molecule has 0 unspecified atom stereocenters. The van der Waals surface area contributed by atoms with Crippen LogP contribution < -0.4 is 5.32 Å². The Labute approximate surface area is 128 Å². The molecule has 110 valence electrons. The number of thiazole rings is 1. The van der Waals surface area contributed by atoms with Gasteiger partial charge in [0.1, 0.15) is 5.01 Å². The summed E-state index contributed by atoms with van der Waals surface area (Å²) >= 11 is 1.74. The fraction of sp³-hybridized carbons (Fsp3) is 0.375. The van der Waals surface area contributed by atoms with Crippen LogP contribution in [0, 0.1) is 5.92 Å². The van der Waals surface area contributed by atoms with Crippen molar-refractivity contribution < 1.29 is 0 Å². The lowest BCUT2D eigenvalue weighted by Gasteiger charge is -2.05. The van der Waals surface area contributed by atoms with Gasteiger partial charge in [0.15, 0.2) is 0 Å². The molecule has 0 fully saturated rings.